The highest BCUT2D eigenvalue weighted by Crippen LogP contribution is 2.40. The lowest BCUT2D eigenvalue weighted by Crippen LogP contribution is -2.50. The van der Waals surface area contributed by atoms with Gasteiger partial charge in [0, 0.05) is 52.0 Å². The van der Waals surface area contributed by atoms with Crippen LogP contribution in [0.2, 0.25) is 0 Å². The van der Waals surface area contributed by atoms with E-state index in [2.05, 4.69) is 16.0 Å². The number of fused-ring (bicyclic) bond motifs is 2. The SMILES string of the molecule is CC1(O)CCC([C@H](N)C(=O)N2CCC[C@H]2c2nc(-c3ccc(F)c4ccccc34)cs2)CC1.COC(=O)[C@@H](NC(=O)OC(C)(C)C)C1CCC(O)(O)CC1.Fc1ccc(-c2csc([C@@H]3CCCN3)n2)c2ccccc12. The van der Waals surface area contributed by atoms with E-state index in [1.807, 2.05) is 65.7 Å². The number of ether oxygens (including phenoxy) is 2. The van der Waals surface area contributed by atoms with Gasteiger partial charge in [-0.05, 0) is 145 Å². The number of nitrogens with two attached hydrogens (primary N) is 1. The molecule has 0 unspecified atom stereocenters. The fourth-order valence-electron chi connectivity index (χ4n) is 10.7. The van der Waals surface area contributed by atoms with E-state index in [4.69, 9.17) is 25.2 Å². The molecule has 2 saturated heterocycles. The molecule has 4 aliphatic rings. The Morgan fingerprint density at radius 2 is 1.29 bits per heavy atom. The summed E-state index contributed by atoms with van der Waals surface area (Å²) < 4.78 is 38.0. The summed E-state index contributed by atoms with van der Waals surface area (Å²) in [6, 6.07) is 20.6. The molecule has 4 heterocycles. The number of thiazole rings is 2. The van der Waals surface area contributed by atoms with Gasteiger partial charge < -0.3 is 46.1 Å². The van der Waals surface area contributed by atoms with Crippen LogP contribution in [0.5, 0.6) is 0 Å². The molecule has 4 fully saturated rings. The van der Waals surface area contributed by atoms with Crippen molar-refractivity contribution < 1.29 is 48.0 Å². The van der Waals surface area contributed by atoms with E-state index >= 15 is 0 Å². The van der Waals surface area contributed by atoms with Crippen molar-refractivity contribution >= 4 is 62.2 Å². The monoisotopic (exact) mass is 1070 g/mol. The third kappa shape index (κ3) is 13.7. The van der Waals surface area contributed by atoms with Gasteiger partial charge in [0.25, 0.3) is 0 Å². The standard InChI is InChI=1S/C26H30FN3O2S.C17H15FN2S.C14H25NO6/c1-26(32)12-10-16(11-13-26)23(28)25(31)30-14-4-7-22(30)24-29-21(15-33-24)19-8-9-20(27)18-6-3-2-5-17(18)19;18-14-8-7-13(11-4-1-2-5-12(11)14)16-10-21-17(20-16)15-6-3-9-19-15;1-13(2,3)21-12(17)15-10(11(16)20-4)9-5-7-14(18,19)8-6-9/h2-3,5-6,8-9,15-16,22-23,32H,4,7,10-14,28H2,1H3;1-2,4-5,7-8,10,15,19H,3,6,9H2;9-10,18-19H,5-8H2,1-4H3,(H,15,17)/t16?,22-,23-,26?;15-;10-/m000/s1. The van der Waals surface area contributed by atoms with Gasteiger partial charge in [-0.2, -0.15) is 0 Å². The Bertz CT molecular complexity index is 2930. The van der Waals surface area contributed by atoms with E-state index in [1.54, 1.807) is 55.6 Å². The number of benzene rings is 4. The third-order valence-electron chi connectivity index (χ3n) is 14.8. The largest absolute Gasteiger partial charge is 0.467 e. The predicted molar refractivity (Wildman–Crippen MR) is 289 cm³/mol. The topological polar surface area (TPSA) is 209 Å². The van der Waals surface area contributed by atoms with Gasteiger partial charge in [0.2, 0.25) is 5.91 Å². The van der Waals surface area contributed by atoms with Crippen LogP contribution in [0.25, 0.3) is 44.1 Å². The second-order valence-corrected chi connectivity index (χ2v) is 23.4. The molecule has 4 atom stereocenters. The molecule has 2 aliphatic carbocycles. The number of hydrogen-bond donors (Lipinski definition) is 6. The van der Waals surface area contributed by atoms with Crippen LogP contribution in [0, 0.1) is 23.5 Å². The number of halogens is 2. The minimum atomic E-state index is -1.69. The molecule has 0 radical (unpaired) electrons. The number of amides is 2. The van der Waals surface area contributed by atoms with Gasteiger partial charge in [-0.15, -0.1) is 22.7 Å². The average molecular weight is 1070 g/mol. The summed E-state index contributed by atoms with van der Waals surface area (Å²) >= 11 is 3.24. The van der Waals surface area contributed by atoms with Gasteiger partial charge in [0.05, 0.1) is 42.2 Å². The highest BCUT2D eigenvalue weighted by molar-refractivity contribution is 7.10. The number of methoxy groups -OCH3 is 1. The molecule has 2 aromatic heterocycles. The number of alkyl carbamates (subject to hydrolysis) is 1. The van der Waals surface area contributed by atoms with Crippen molar-refractivity contribution in [2.45, 2.75) is 146 Å². The number of carbonyl (C=O) groups excluding carboxylic acids is 3. The molecule has 10 rings (SSSR count). The van der Waals surface area contributed by atoms with Crippen LogP contribution in [0.15, 0.2) is 83.6 Å². The van der Waals surface area contributed by atoms with Crippen molar-refractivity contribution in [2.75, 3.05) is 20.2 Å². The van der Waals surface area contributed by atoms with Crippen LogP contribution >= 0.6 is 22.7 Å². The molecule has 0 bridgehead atoms. The average Bonchev–Trinajstić information content (AvgIpc) is 4.25. The number of nitrogens with one attached hydrogen (secondary N) is 2. The molecule has 2 aliphatic heterocycles. The Hall–Kier alpha value is -5.47. The smallest absolute Gasteiger partial charge is 0.408 e. The van der Waals surface area contributed by atoms with E-state index in [0.29, 0.717) is 49.0 Å². The number of carbonyl (C=O) groups is 3. The molecule has 75 heavy (non-hydrogen) atoms. The fourth-order valence-corrected chi connectivity index (χ4v) is 12.6. The van der Waals surface area contributed by atoms with Crippen LogP contribution in [0.1, 0.15) is 127 Å². The molecular formula is C57H70F2N6O8S2. The molecular weight excluding hydrogens is 999 g/mol. The minimum Gasteiger partial charge on any atom is -0.467 e. The molecule has 2 saturated carbocycles. The van der Waals surface area contributed by atoms with E-state index in [9.17, 15) is 38.5 Å². The lowest BCUT2D eigenvalue weighted by Gasteiger charge is -2.37. The predicted octanol–water partition coefficient (Wildman–Crippen LogP) is 10.5. The number of hydrogen-bond acceptors (Lipinski definition) is 14. The maximum absolute atomic E-state index is 14.3. The summed E-state index contributed by atoms with van der Waals surface area (Å²) in [5, 5.41) is 44.4. The highest BCUT2D eigenvalue weighted by atomic mass is 32.1. The first-order valence-electron chi connectivity index (χ1n) is 26.0. The summed E-state index contributed by atoms with van der Waals surface area (Å²) in [5.41, 5.74) is 8.80. The molecule has 14 nitrogen and oxygen atoms in total. The Morgan fingerprint density at radius 3 is 1.83 bits per heavy atom. The summed E-state index contributed by atoms with van der Waals surface area (Å²) in [4.78, 5) is 48.6. The van der Waals surface area contributed by atoms with E-state index in [0.717, 1.165) is 82.0 Å². The van der Waals surface area contributed by atoms with Gasteiger partial charge in [0.15, 0.2) is 5.79 Å². The highest BCUT2D eigenvalue weighted by Gasteiger charge is 2.41. The third-order valence-corrected chi connectivity index (χ3v) is 16.8. The van der Waals surface area contributed by atoms with Crippen molar-refractivity contribution in [1.29, 1.82) is 0 Å². The summed E-state index contributed by atoms with van der Waals surface area (Å²) in [7, 11) is 1.25. The summed E-state index contributed by atoms with van der Waals surface area (Å²) in [6.07, 6.45) is 7.50. The lowest BCUT2D eigenvalue weighted by atomic mass is 9.76. The van der Waals surface area contributed by atoms with Crippen molar-refractivity contribution in [3.8, 4) is 22.5 Å². The summed E-state index contributed by atoms with van der Waals surface area (Å²) in [5.74, 6) is -2.78. The number of aromatic nitrogens is 2. The van der Waals surface area contributed by atoms with Crippen molar-refractivity contribution in [1.82, 2.24) is 25.5 Å². The van der Waals surface area contributed by atoms with Crippen molar-refractivity contribution in [3.63, 3.8) is 0 Å². The molecule has 7 N–H and O–H groups in total. The number of likely N-dealkylation sites (tertiary alicyclic amines) is 1. The zero-order valence-electron chi connectivity index (χ0n) is 43.3. The Morgan fingerprint density at radius 1 is 0.760 bits per heavy atom. The quantitative estimate of drug-likeness (QED) is 0.0590. The van der Waals surface area contributed by atoms with Crippen LogP contribution in [-0.4, -0.2) is 97.4 Å². The number of esters is 1. The first kappa shape index (κ1) is 55.8. The first-order chi connectivity index (χ1) is 35.7. The molecule has 2 amide bonds. The normalized spacial score (nSPS) is 22.6. The number of nitrogens with zero attached hydrogens (tertiary/aromatic N) is 3. The molecule has 6 aromatic rings. The zero-order chi connectivity index (χ0) is 53.7. The fraction of sp³-hybridized carbons (Fsp3) is 0.491. The van der Waals surface area contributed by atoms with Crippen LogP contribution < -0.4 is 16.4 Å². The van der Waals surface area contributed by atoms with Crippen LogP contribution in [-0.2, 0) is 19.1 Å². The molecule has 18 heteroatoms. The number of aliphatic hydroxyl groups is 3. The van der Waals surface area contributed by atoms with E-state index < -0.39 is 41.1 Å². The Balaban J connectivity index is 0.000000156. The van der Waals surface area contributed by atoms with Gasteiger partial charge >= 0.3 is 12.1 Å². The van der Waals surface area contributed by atoms with Crippen LogP contribution in [0.3, 0.4) is 0 Å². The van der Waals surface area contributed by atoms with Gasteiger partial charge in [-0.3, -0.25) is 4.79 Å². The van der Waals surface area contributed by atoms with E-state index in [-0.39, 0.29) is 48.3 Å². The molecule has 0 spiro atoms. The Kier molecular flexibility index (Phi) is 17.7. The first-order valence-corrected chi connectivity index (χ1v) is 27.8. The van der Waals surface area contributed by atoms with E-state index in [1.165, 1.54) is 25.7 Å². The van der Waals surface area contributed by atoms with Crippen molar-refractivity contribution in [3.05, 3.63) is 105 Å². The van der Waals surface area contributed by atoms with Gasteiger partial charge in [-0.25, -0.2) is 28.3 Å². The minimum absolute atomic E-state index is 0.00646. The zero-order valence-corrected chi connectivity index (χ0v) is 45.0. The maximum atomic E-state index is 14.3. The molecule has 402 valence electrons. The van der Waals surface area contributed by atoms with Gasteiger partial charge in [0.1, 0.15) is 33.3 Å². The van der Waals surface area contributed by atoms with Gasteiger partial charge in [-0.1, -0.05) is 48.5 Å². The molecule has 4 aromatic carbocycles. The maximum Gasteiger partial charge on any atom is 0.408 e. The second-order valence-electron chi connectivity index (χ2n) is 21.6. The Labute approximate surface area is 445 Å². The van der Waals surface area contributed by atoms with Crippen LogP contribution in [0.4, 0.5) is 13.6 Å². The van der Waals surface area contributed by atoms with Crippen molar-refractivity contribution in [2.24, 2.45) is 17.6 Å². The second kappa shape index (κ2) is 23.8. The lowest BCUT2D eigenvalue weighted by molar-refractivity contribution is -0.189. The summed E-state index contributed by atoms with van der Waals surface area (Å²) in [6.45, 7) is 8.80. The number of rotatable bonds is 9.